The smallest absolute Gasteiger partial charge is 0.230 e. The highest BCUT2D eigenvalue weighted by Gasteiger charge is 2.13. The van der Waals surface area contributed by atoms with Crippen LogP contribution in [-0.2, 0) is 11.2 Å². The number of methoxy groups -OCH3 is 2. The van der Waals surface area contributed by atoms with Crippen LogP contribution < -0.4 is 14.8 Å². The number of anilines is 1. The van der Waals surface area contributed by atoms with E-state index < -0.39 is 0 Å². The number of hydrogen-bond acceptors (Lipinski definition) is 6. The van der Waals surface area contributed by atoms with Crippen LogP contribution in [0, 0.1) is 0 Å². The van der Waals surface area contributed by atoms with Crippen molar-refractivity contribution in [2.75, 3.05) is 19.5 Å². The van der Waals surface area contributed by atoms with Crippen LogP contribution in [0.3, 0.4) is 0 Å². The highest BCUT2D eigenvalue weighted by atomic mass is 32.1. The van der Waals surface area contributed by atoms with Crippen molar-refractivity contribution >= 4 is 33.3 Å². The standard InChI is InChI=1S/C22H19N3O3S/c1-27-18-11-10-16(12-19(18)28-2)21-24-22(29-25-21)23-20(26)13-15-8-5-7-14-6-3-4-9-17(14)15/h3-12H,13H2,1-2H3,(H,23,24,25,26). The van der Waals surface area contributed by atoms with E-state index in [2.05, 4.69) is 14.7 Å². The molecule has 146 valence electrons. The summed E-state index contributed by atoms with van der Waals surface area (Å²) in [5.74, 6) is 1.63. The van der Waals surface area contributed by atoms with E-state index in [0.29, 0.717) is 22.5 Å². The molecular weight excluding hydrogens is 386 g/mol. The molecule has 0 saturated carbocycles. The summed E-state index contributed by atoms with van der Waals surface area (Å²) in [6.45, 7) is 0. The van der Waals surface area contributed by atoms with Gasteiger partial charge in [-0.2, -0.15) is 9.36 Å². The number of rotatable bonds is 6. The molecule has 1 amide bonds. The van der Waals surface area contributed by atoms with Gasteiger partial charge in [0.05, 0.1) is 20.6 Å². The summed E-state index contributed by atoms with van der Waals surface area (Å²) in [4.78, 5) is 17.0. The maximum absolute atomic E-state index is 12.5. The van der Waals surface area contributed by atoms with E-state index >= 15 is 0 Å². The van der Waals surface area contributed by atoms with Gasteiger partial charge in [0.2, 0.25) is 11.0 Å². The fraction of sp³-hybridized carbons (Fsp3) is 0.136. The molecule has 3 aromatic carbocycles. The van der Waals surface area contributed by atoms with Crippen LogP contribution in [0.4, 0.5) is 5.13 Å². The molecule has 1 N–H and O–H groups in total. The molecule has 1 heterocycles. The fourth-order valence-electron chi connectivity index (χ4n) is 3.15. The summed E-state index contributed by atoms with van der Waals surface area (Å²) < 4.78 is 14.9. The lowest BCUT2D eigenvalue weighted by Crippen LogP contribution is -2.14. The van der Waals surface area contributed by atoms with E-state index in [1.807, 2.05) is 54.6 Å². The number of carbonyl (C=O) groups excluding carboxylic acids is 1. The zero-order chi connectivity index (χ0) is 20.2. The monoisotopic (exact) mass is 405 g/mol. The van der Waals surface area contributed by atoms with Crippen LogP contribution in [0.1, 0.15) is 5.56 Å². The van der Waals surface area contributed by atoms with Gasteiger partial charge in [-0.15, -0.1) is 0 Å². The Balaban J connectivity index is 1.50. The molecule has 0 saturated heterocycles. The quantitative estimate of drug-likeness (QED) is 0.509. The molecule has 29 heavy (non-hydrogen) atoms. The molecule has 0 aliphatic rings. The van der Waals surface area contributed by atoms with Gasteiger partial charge in [0.1, 0.15) is 0 Å². The van der Waals surface area contributed by atoms with Crippen molar-refractivity contribution in [3.63, 3.8) is 0 Å². The van der Waals surface area contributed by atoms with Crippen LogP contribution in [0.5, 0.6) is 11.5 Å². The van der Waals surface area contributed by atoms with Crippen molar-refractivity contribution in [2.24, 2.45) is 0 Å². The summed E-state index contributed by atoms with van der Waals surface area (Å²) in [5.41, 5.74) is 1.76. The van der Waals surface area contributed by atoms with Gasteiger partial charge in [0.15, 0.2) is 17.3 Å². The van der Waals surface area contributed by atoms with E-state index in [9.17, 15) is 4.79 Å². The van der Waals surface area contributed by atoms with Crippen molar-refractivity contribution in [1.82, 2.24) is 9.36 Å². The van der Waals surface area contributed by atoms with Crippen LogP contribution >= 0.6 is 11.5 Å². The van der Waals surface area contributed by atoms with Crippen molar-refractivity contribution < 1.29 is 14.3 Å². The maximum atomic E-state index is 12.5. The normalized spacial score (nSPS) is 10.7. The second-order valence-corrected chi connectivity index (χ2v) is 7.11. The topological polar surface area (TPSA) is 73.3 Å². The summed E-state index contributed by atoms with van der Waals surface area (Å²) in [6, 6.07) is 19.5. The number of nitrogens with one attached hydrogen (secondary N) is 1. The molecule has 6 nitrogen and oxygen atoms in total. The summed E-state index contributed by atoms with van der Waals surface area (Å²) in [6.07, 6.45) is 0.270. The van der Waals surface area contributed by atoms with Crippen LogP contribution in [0.15, 0.2) is 60.7 Å². The third-order valence-corrected chi connectivity index (χ3v) is 5.18. The van der Waals surface area contributed by atoms with E-state index in [1.54, 1.807) is 20.3 Å². The summed E-state index contributed by atoms with van der Waals surface area (Å²) in [7, 11) is 3.16. The third-order valence-electron chi connectivity index (χ3n) is 4.55. The van der Waals surface area contributed by atoms with Gasteiger partial charge in [-0.25, -0.2) is 0 Å². The number of amides is 1. The highest BCUT2D eigenvalue weighted by Crippen LogP contribution is 2.32. The molecule has 0 spiro atoms. The average Bonchev–Trinajstić information content (AvgIpc) is 3.21. The first-order valence-electron chi connectivity index (χ1n) is 9.00. The minimum Gasteiger partial charge on any atom is -0.493 e. The minimum absolute atomic E-state index is 0.128. The molecular formula is C22H19N3O3S. The largest absolute Gasteiger partial charge is 0.493 e. The fourth-order valence-corrected chi connectivity index (χ4v) is 3.76. The lowest BCUT2D eigenvalue weighted by molar-refractivity contribution is -0.115. The van der Waals surface area contributed by atoms with Gasteiger partial charge in [-0.1, -0.05) is 42.5 Å². The lowest BCUT2D eigenvalue weighted by Gasteiger charge is -2.07. The molecule has 0 unspecified atom stereocenters. The van der Waals surface area contributed by atoms with E-state index in [0.717, 1.165) is 33.4 Å². The van der Waals surface area contributed by atoms with Gasteiger partial charge in [0.25, 0.3) is 0 Å². The number of fused-ring (bicyclic) bond motifs is 1. The van der Waals surface area contributed by atoms with Crippen LogP contribution in [0.25, 0.3) is 22.2 Å². The molecule has 0 aliphatic heterocycles. The summed E-state index contributed by atoms with van der Waals surface area (Å²) in [5, 5.41) is 5.50. The first-order valence-corrected chi connectivity index (χ1v) is 9.78. The Morgan fingerprint density at radius 1 is 1.00 bits per heavy atom. The number of benzene rings is 3. The Morgan fingerprint density at radius 3 is 2.62 bits per heavy atom. The number of hydrogen-bond donors (Lipinski definition) is 1. The zero-order valence-electron chi connectivity index (χ0n) is 16.0. The van der Waals surface area contributed by atoms with Gasteiger partial charge in [-0.3, -0.25) is 4.79 Å². The predicted molar refractivity (Wildman–Crippen MR) is 115 cm³/mol. The molecule has 0 radical (unpaired) electrons. The first-order chi connectivity index (χ1) is 14.2. The van der Waals surface area contributed by atoms with Crippen LogP contribution in [0.2, 0.25) is 0 Å². The van der Waals surface area contributed by atoms with Crippen molar-refractivity contribution in [1.29, 1.82) is 0 Å². The number of ether oxygens (including phenoxy) is 2. The van der Waals surface area contributed by atoms with E-state index in [4.69, 9.17) is 9.47 Å². The SMILES string of the molecule is COc1ccc(-c2nsc(NC(=O)Cc3cccc4ccccc34)n2)cc1OC. The first kappa shape index (κ1) is 18.9. The highest BCUT2D eigenvalue weighted by molar-refractivity contribution is 7.10. The van der Waals surface area contributed by atoms with E-state index in [-0.39, 0.29) is 12.3 Å². The van der Waals surface area contributed by atoms with Crippen molar-refractivity contribution in [2.45, 2.75) is 6.42 Å². The zero-order valence-corrected chi connectivity index (χ0v) is 16.8. The molecule has 0 atom stereocenters. The average molecular weight is 405 g/mol. The van der Waals surface area contributed by atoms with Gasteiger partial charge in [0, 0.05) is 17.1 Å². The Kier molecular flexibility index (Phi) is 5.39. The Labute approximate surface area is 172 Å². The third kappa shape index (κ3) is 4.05. The lowest BCUT2D eigenvalue weighted by atomic mass is 10.0. The van der Waals surface area contributed by atoms with Gasteiger partial charge >= 0.3 is 0 Å². The number of nitrogens with zero attached hydrogens (tertiary/aromatic N) is 2. The van der Waals surface area contributed by atoms with Crippen LogP contribution in [-0.4, -0.2) is 29.5 Å². The minimum atomic E-state index is -0.128. The molecule has 0 bridgehead atoms. The van der Waals surface area contributed by atoms with E-state index in [1.165, 1.54) is 0 Å². The molecule has 1 aromatic heterocycles. The number of aromatic nitrogens is 2. The Morgan fingerprint density at radius 2 is 1.79 bits per heavy atom. The molecule has 4 rings (SSSR count). The van der Waals surface area contributed by atoms with Crippen molar-refractivity contribution in [3.05, 3.63) is 66.2 Å². The second kappa shape index (κ2) is 8.28. The molecule has 0 fully saturated rings. The second-order valence-electron chi connectivity index (χ2n) is 6.36. The Bertz CT molecular complexity index is 1170. The number of carbonyl (C=O) groups is 1. The predicted octanol–water partition coefficient (Wildman–Crippen LogP) is 4.56. The van der Waals surface area contributed by atoms with Crippen molar-refractivity contribution in [3.8, 4) is 22.9 Å². The van der Waals surface area contributed by atoms with Gasteiger partial charge in [-0.05, 0) is 34.5 Å². The molecule has 7 heteroatoms. The Hall–Kier alpha value is -3.45. The molecule has 0 aliphatic carbocycles. The molecule has 4 aromatic rings. The van der Waals surface area contributed by atoms with Gasteiger partial charge < -0.3 is 14.8 Å². The summed E-state index contributed by atoms with van der Waals surface area (Å²) >= 11 is 1.15. The maximum Gasteiger partial charge on any atom is 0.230 e.